The molecule has 0 radical (unpaired) electrons. The Labute approximate surface area is 137 Å². The summed E-state index contributed by atoms with van der Waals surface area (Å²) in [4.78, 5) is 40.4. The van der Waals surface area contributed by atoms with E-state index in [2.05, 4.69) is 27.7 Å². The molecule has 2 aliphatic rings. The highest BCUT2D eigenvalue weighted by atomic mass is 16.2. The van der Waals surface area contributed by atoms with Crippen LogP contribution in [-0.2, 0) is 16.1 Å². The van der Waals surface area contributed by atoms with Gasteiger partial charge in [0.2, 0.25) is 0 Å². The Bertz CT molecular complexity index is 727. The van der Waals surface area contributed by atoms with Gasteiger partial charge < -0.3 is 5.32 Å². The SMILES string of the molecule is CC1CCC2(CC1)NC(=O)N(NC(=O)Cn1cnc(C#N)n1)C2=O. The molecule has 1 aromatic heterocycles. The van der Waals surface area contributed by atoms with Gasteiger partial charge in [-0.3, -0.25) is 15.0 Å². The third-order valence-corrected chi connectivity index (χ3v) is 4.47. The molecule has 10 heteroatoms. The summed E-state index contributed by atoms with van der Waals surface area (Å²) in [5, 5.41) is 15.9. The first-order valence-electron chi connectivity index (χ1n) is 7.69. The number of urea groups is 1. The topological polar surface area (TPSA) is 133 Å². The summed E-state index contributed by atoms with van der Waals surface area (Å²) < 4.78 is 1.16. The van der Waals surface area contributed by atoms with Crippen molar-refractivity contribution in [2.24, 2.45) is 5.92 Å². The van der Waals surface area contributed by atoms with Crippen LogP contribution in [0, 0.1) is 17.2 Å². The van der Waals surface area contributed by atoms with Crippen LogP contribution in [0.25, 0.3) is 0 Å². The third kappa shape index (κ3) is 2.80. The van der Waals surface area contributed by atoms with Crippen molar-refractivity contribution in [3.63, 3.8) is 0 Å². The van der Waals surface area contributed by atoms with Crippen molar-refractivity contribution in [2.45, 2.75) is 44.7 Å². The zero-order chi connectivity index (χ0) is 17.3. The zero-order valence-corrected chi connectivity index (χ0v) is 13.2. The largest absolute Gasteiger partial charge is 0.344 e. The Balaban J connectivity index is 1.64. The van der Waals surface area contributed by atoms with E-state index in [1.165, 1.54) is 6.33 Å². The second kappa shape index (κ2) is 5.92. The number of amides is 4. The summed E-state index contributed by atoms with van der Waals surface area (Å²) in [5.74, 6) is -0.572. The van der Waals surface area contributed by atoms with Crippen molar-refractivity contribution in [2.75, 3.05) is 0 Å². The number of carbonyl (C=O) groups is 3. The van der Waals surface area contributed by atoms with Crippen LogP contribution >= 0.6 is 0 Å². The van der Waals surface area contributed by atoms with Crippen molar-refractivity contribution >= 4 is 17.8 Å². The Hall–Kier alpha value is -2.96. The van der Waals surface area contributed by atoms with Gasteiger partial charge in [0.05, 0.1) is 0 Å². The van der Waals surface area contributed by atoms with Gasteiger partial charge in [-0.2, -0.15) is 10.3 Å². The minimum absolute atomic E-state index is 0.0620. The molecule has 1 saturated heterocycles. The second-order valence-corrected chi connectivity index (χ2v) is 6.25. The molecule has 1 saturated carbocycles. The molecule has 10 nitrogen and oxygen atoms in total. The summed E-state index contributed by atoms with van der Waals surface area (Å²) in [7, 11) is 0. The van der Waals surface area contributed by atoms with Gasteiger partial charge in [0.25, 0.3) is 17.6 Å². The number of hydrazine groups is 1. The number of nitrogens with one attached hydrogen (secondary N) is 2. The van der Waals surface area contributed by atoms with E-state index in [9.17, 15) is 14.4 Å². The lowest BCUT2D eigenvalue weighted by molar-refractivity contribution is -0.140. The van der Waals surface area contributed by atoms with E-state index in [0.29, 0.717) is 18.8 Å². The van der Waals surface area contributed by atoms with Crippen LogP contribution in [0.4, 0.5) is 4.79 Å². The van der Waals surface area contributed by atoms with Crippen LogP contribution in [0.15, 0.2) is 6.33 Å². The fourth-order valence-electron chi connectivity index (χ4n) is 3.04. The van der Waals surface area contributed by atoms with E-state index in [-0.39, 0.29) is 12.4 Å². The van der Waals surface area contributed by atoms with E-state index in [1.807, 2.05) is 0 Å². The van der Waals surface area contributed by atoms with Crippen LogP contribution in [-0.4, -0.2) is 43.2 Å². The first-order chi connectivity index (χ1) is 11.4. The van der Waals surface area contributed by atoms with E-state index in [0.717, 1.165) is 22.5 Å². The van der Waals surface area contributed by atoms with Crippen molar-refractivity contribution < 1.29 is 14.4 Å². The lowest BCUT2D eigenvalue weighted by Gasteiger charge is -2.33. The number of hydrogen-bond acceptors (Lipinski definition) is 6. The molecule has 24 heavy (non-hydrogen) atoms. The molecule has 1 aliphatic carbocycles. The highest BCUT2D eigenvalue weighted by Crippen LogP contribution is 2.35. The van der Waals surface area contributed by atoms with Gasteiger partial charge in [-0.05, 0) is 31.6 Å². The molecule has 1 spiro atoms. The van der Waals surface area contributed by atoms with Gasteiger partial charge in [0.1, 0.15) is 24.5 Å². The third-order valence-electron chi connectivity index (χ3n) is 4.47. The Morgan fingerprint density at radius 2 is 2.21 bits per heavy atom. The Morgan fingerprint density at radius 3 is 2.83 bits per heavy atom. The number of nitrogens with zero attached hydrogens (tertiary/aromatic N) is 5. The lowest BCUT2D eigenvalue weighted by Crippen LogP contribution is -2.52. The van der Waals surface area contributed by atoms with Gasteiger partial charge in [0, 0.05) is 0 Å². The van der Waals surface area contributed by atoms with E-state index < -0.39 is 23.4 Å². The number of nitriles is 1. The molecule has 2 heterocycles. The van der Waals surface area contributed by atoms with Crippen molar-refractivity contribution in [3.8, 4) is 6.07 Å². The fraction of sp³-hybridized carbons (Fsp3) is 0.571. The normalized spacial score (nSPS) is 26.3. The zero-order valence-electron chi connectivity index (χ0n) is 13.2. The van der Waals surface area contributed by atoms with Crippen molar-refractivity contribution in [1.82, 2.24) is 30.5 Å². The number of hydrogen-bond donors (Lipinski definition) is 2. The second-order valence-electron chi connectivity index (χ2n) is 6.25. The molecule has 0 atom stereocenters. The van der Waals surface area contributed by atoms with Gasteiger partial charge >= 0.3 is 6.03 Å². The van der Waals surface area contributed by atoms with Crippen LogP contribution in [0.2, 0.25) is 0 Å². The number of aromatic nitrogens is 3. The molecule has 1 aliphatic heterocycles. The van der Waals surface area contributed by atoms with Crippen molar-refractivity contribution in [1.29, 1.82) is 5.26 Å². The van der Waals surface area contributed by atoms with Crippen LogP contribution in [0.5, 0.6) is 0 Å². The van der Waals surface area contributed by atoms with Crippen molar-refractivity contribution in [3.05, 3.63) is 12.2 Å². The highest BCUT2D eigenvalue weighted by Gasteiger charge is 2.52. The maximum Gasteiger partial charge on any atom is 0.344 e. The molecule has 0 bridgehead atoms. The summed E-state index contributed by atoms with van der Waals surface area (Å²) in [6.07, 6.45) is 4.07. The Morgan fingerprint density at radius 1 is 1.50 bits per heavy atom. The van der Waals surface area contributed by atoms with Crippen LogP contribution in [0.3, 0.4) is 0 Å². The van der Waals surface area contributed by atoms with Gasteiger partial charge in [-0.15, -0.1) is 5.10 Å². The standard InChI is InChI=1S/C14H17N7O3/c1-9-2-4-14(5-3-9)12(23)21(13(24)17-14)19-11(22)7-20-8-16-10(6-15)18-20/h8-9H,2-5,7H2,1H3,(H,17,24)(H,19,22). The molecule has 2 N–H and O–H groups in total. The summed E-state index contributed by atoms with van der Waals surface area (Å²) in [5.41, 5.74) is 1.39. The summed E-state index contributed by atoms with van der Waals surface area (Å²) >= 11 is 0. The average molecular weight is 331 g/mol. The fourth-order valence-corrected chi connectivity index (χ4v) is 3.04. The first-order valence-corrected chi connectivity index (χ1v) is 7.69. The quantitative estimate of drug-likeness (QED) is 0.729. The monoisotopic (exact) mass is 331 g/mol. The summed E-state index contributed by atoms with van der Waals surface area (Å²) in [6.45, 7) is 1.86. The number of rotatable bonds is 3. The maximum absolute atomic E-state index is 12.6. The molecular weight excluding hydrogens is 314 g/mol. The average Bonchev–Trinajstić information content (AvgIpc) is 3.09. The van der Waals surface area contributed by atoms with Crippen LogP contribution in [0.1, 0.15) is 38.4 Å². The lowest BCUT2D eigenvalue weighted by atomic mass is 9.77. The smallest absolute Gasteiger partial charge is 0.322 e. The predicted molar refractivity (Wildman–Crippen MR) is 78.6 cm³/mol. The van der Waals surface area contributed by atoms with Crippen LogP contribution < -0.4 is 10.7 Å². The summed E-state index contributed by atoms with van der Waals surface area (Å²) in [6, 6.07) is 1.12. The number of imide groups is 1. The van der Waals surface area contributed by atoms with E-state index >= 15 is 0 Å². The molecule has 3 rings (SSSR count). The molecule has 2 fully saturated rings. The molecule has 126 valence electrons. The molecule has 0 aromatic carbocycles. The van der Waals surface area contributed by atoms with Gasteiger partial charge in [-0.1, -0.05) is 6.92 Å². The highest BCUT2D eigenvalue weighted by molar-refractivity contribution is 6.07. The number of carbonyl (C=O) groups excluding carboxylic acids is 3. The molecule has 0 unspecified atom stereocenters. The Kier molecular flexibility index (Phi) is 3.92. The van der Waals surface area contributed by atoms with Gasteiger partial charge in [0.15, 0.2) is 0 Å². The first kappa shape index (κ1) is 15.9. The minimum atomic E-state index is -0.905. The molecular formula is C14H17N7O3. The predicted octanol–water partition coefficient (Wildman–Crippen LogP) is -0.318. The van der Waals surface area contributed by atoms with E-state index in [1.54, 1.807) is 6.07 Å². The van der Waals surface area contributed by atoms with E-state index in [4.69, 9.17) is 5.26 Å². The molecule has 1 aromatic rings. The maximum atomic E-state index is 12.6. The minimum Gasteiger partial charge on any atom is -0.322 e. The molecule has 4 amide bonds. The van der Waals surface area contributed by atoms with Gasteiger partial charge in [-0.25, -0.2) is 14.5 Å².